The van der Waals surface area contributed by atoms with E-state index in [1.165, 1.54) is 17.0 Å². The molecule has 0 spiro atoms. The maximum absolute atomic E-state index is 13.3. The molecule has 20 heavy (non-hydrogen) atoms. The van der Waals surface area contributed by atoms with Gasteiger partial charge in [0.1, 0.15) is 5.82 Å². The fourth-order valence-corrected chi connectivity index (χ4v) is 3.58. The van der Waals surface area contributed by atoms with Crippen LogP contribution in [0.3, 0.4) is 0 Å². The maximum atomic E-state index is 13.3. The number of benzene rings is 1. The van der Waals surface area contributed by atoms with Gasteiger partial charge >= 0.3 is 0 Å². The Labute approximate surface area is 120 Å². The second-order valence-electron chi connectivity index (χ2n) is 5.18. The van der Waals surface area contributed by atoms with Crippen LogP contribution in [0, 0.1) is 11.7 Å². The van der Waals surface area contributed by atoms with E-state index < -0.39 is 0 Å². The van der Waals surface area contributed by atoms with Gasteiger partial charge in [-0.15, -0.1) is 11.3 Å². The number of nitrogen functional groups attached to an aromatic ring is 1. The lowest BCUT2D eigenvalue weighted by Gasteiger charge is -2.23. The van der Waals surface area contributed by atoms with Crippen molar-refractivity contribution in [1.29, 1.82) is 0 Å². The standard InChI is InChI=1S/C15H16FN3S/c1-9(2)14(13-4-3-7-20-13)19-12-6-5-10(16)8-11(12)18-15(19)17/h3-9,14H,1-2H3,(H2,17,18). The zero-order valence-electron chi connectivity index (χ0n) is 11.4. The van der Waals surface area contributed by atoms with Gasteiger partial charge in [-0.1, -0.05) is 19.9 Å². The van der Waals surface area contributed by atoms with Crippen LogP contribution in [0.4, 0.5) is 10.3 Å². The van der Waals surface area contributed by atoms with Crippen molar-refractivity contribution in [1.82, 2.24) is 9.55 Å². The summed E-state index contributed by atoms with van der Waals surface area (Å²) in [6, 6.07) is 8.87. The molecule has 0 aliphatic heterocycles. The van der Waals surface area contributed by atoms with Crippen LogP contribution < -0.4 is 5.73 Å². The molecule has 0 fully saturated rings. The molecule has 2 heterocycles. The number of rotatable bonds is 3. The molecule has 0 aliphatic carbocycles. The first kappa shape index (κ1) is 13.1. The van der Waals surface area contributed by atoms with Gasteiger partial charge in [-0.3, -0.25) is 0 Å². The van der Waals surface area contributed by atoms with Gasteiger partial charge in [-0.25, -0.2) is 9.37 Å². The fourth-order valence-electron chi connectivity index (χ4n) is 2.60. The van der Waals surface area contributed by atoms with E-state index >= 15 is 0 Å². The van der Waals surface area contributed by atoms with Crippen LogP contribution in [-0.4, -0.2) is 9.55 Å². The second-order valence-corrected chi connectivity index (χ2v) is 6.16. The summed E-state index contributed by atoms with van der Waals surface area (Å²) < 4.78 is 15.3. The molecule has 104 valence electrons. The van der Waals surface area contributed by atoms with Crippen molar-refractivity contribution in [3.05, 3.63) is 46.4 Å². The van der Waals surface area contributed by atoms with Crippen molar-refractivity contribution >= 4 is 28.3 Å². The highest BCUT2D eigenvalue weighted by molar-refractivity contribution is 7.10. The van der Waals surface area contributed by atoms with Gasteiger partial charge in [0.15, 0.2) is 0 Å². The zero-order valence-corrected chi connectivity index (χ0v) is 12.2. The molecule has 3 nitrogen and oxygen atoms in total. The van der Waals surface area contributed by atoms with Gasteiger partial charge in [0, 0.05) is 10.9 Å². The zero-order chi connectivity index (χ0) is 14.3. The Morgan fingerprint density at radius 3 is 2.75 bits per heavy atom. The molecular weight excluding hydrogens is 273 g/mol. The van der Waals surface area contributed by atoms with Gasteiger partial charge in [0.2, 0.25) is 5.95 Å². The molecule has 0 saturated carbocycles. The van der Waals surface area contributed by atoms with E-state index in [2.05, 4.69) is 30.3 Å². The summed E-state index contributed by atoms with van der Waals surface area (Å²) in [6.45, 7) is 4.30. The average molecular weight is 289 g/mol. The van der Waals surface area contributed by atoms with Gasteiger partial charge in [-0.05, 0) is 29.5 Å². The lowest BCUT2D eigenvalue weighted by atomic mass is 10.0. The smallest absolute Gasteiger partial charge is 0.201 e. The van der Waals surface area contributed by atoms with Crippen molar-refractivity contribution in [2.45, 2.75) is 19.9 Å². The lowest BCUT2D eigenvalue weighted by Crippen LogP contribution is -2.17. The van der Waals surface area contributed by atoms with Crippen molar-refractivity contribution in [2.24, 2.45) is 5.92 Å². The Kier molecular flexibility index (Phi) is 3.22. The Hall–Kier alpha value is -1.88. The summed E-state index contributed by atoms with van der Waals surface area (Å²) in [5.41, 5.74) is 7.56. The molecule has 0 bridgehead atoms. The van der Waals surface area contributed by atoms with Crippen molar-refractivity contribution < 1.29 is 4.39 Å². The summed E-state index contributed by atoms with van der Waals surface area (Å²) in [5.74, 6) is 0.496. The minimum atomic E-state index is -0.292. The Bertz CT molecular complexity index is 731. The summed E-state index contributed by atoms with van der Waals surface area (Å²) in [4.78, 5) is 5.52. The number of halogens is 1. The van der Waals surface area contributed by atoms with E-state index in [-0.39, 0.29) is 11.9 Å². The Morgan fingerprint density at radius 1 is 1.30 bits per heavy atom. The van der Waals surface area contributed by atoms with Crippen LogP contribution in [0.15, 0.2) is 35.7 Å². The monoisotopic (exact) mass is 289 g/mol. The van der Waals surface area contributed by atoms with E-state index in [1.807, 2.05) is 10.6 Å². The molecule has 0 aliphatic rings. The van der Waals surface area contributed by atoms with Crippen LogP contribution >= 0.6 is 11.3 Å². The quantitative estimate of drug-likeness (QED) is 0.790. The molecule has 0 saturated heterocycles. The van der Waals surface area contributed by atoms with Crippen molar-refractivity contribution in [3.8, 4) is 0 Å². The van der Waals surface area contributed by atoms with Crippen molar-refractivity contribution in [3.63, 3.8) is 0 Å². The van der Waals surface area contributed by atoms with Crippen LogP contribution in [0.2, 0.25) is 0 Å². The molecular formula is C15H16FN3S. The highest BCUT2D eigenvalue weighted by Crippen LogP contribution is 2.35. The first-order valence-corrected chi connectivity index (χ1v) is 7.42. The molecule has 3 aromatic rings. The predicted molar refractivity (Wildman–Crippen MR) is 81.4 cm³/mol. The molecule has 1 aromatic carbocycles. The van der Waals surface area contributed by atoms with Gasteiger partial charge < -0.3 is 10.3 Å². The second kappa shape index (κ2) is 4.90. The number of hydrogen-bond donors (Lipinski definition) is 1. The fraction of sp³-hybridized carbons (Fsp3) is 0.267. The number of nitrogens with two attached hydrogens (primary N) is 1. The predicted octanol–water partition coefficient (Wildman–Crippen LogP) is 4.06. The first-order chi connectivity index (χ1) is 9.58. The highest BCUT2D eigenvalue weighted by Gasteiger charge is 2.23. The minimum absolute atomic E-state index is 0.116. The molecule has 1 unspecified atom stereocenters. The maximum Gasteiger partial charge on any atom is 0.201 e. The number of anilines is 1. The van der Waals surface area contributed by atoms with Crippen LogP contribution in [-0.2, 0) is 0 Å². The SMILES string of the molecule is CC(C)C(c1cccs1)n1c(N)nc2cc(F)ccc21. The minimum Gasteiger partial charge on any atom is -0.369 e. The molecule has 0 amide bonds. The number of hydrogen-bond acceptors (Lipinski definition) is 3. The summed E-state index contributed by atoms with van der Waals surface area (Å²) in [5, 5.41) is 2.06. The van der Waals surface area contributed by atoms with Crippen LogP contribution in [0.1, 0.15) is 24.8 Å². The van der Waals surface area contributed by atoms with Crippen molar-refractivity contribution in [2.75, 3.05) is 5.73 Å². The van der Waals surface area contributed by atoms with E-state index in [0.29, 0.717) is 17.4 Å². The summed E-state index contributed by atoms with van der Waals surface area (Å²) in [7, 11) is 0. The van der Waals surface area contributed by atoms with Crippen LogP contribution in [0.5, 0.6) is 0 Å². The lowest BCUT2D eigenvalue weighted by molar-refractivity contribution is 0.457. The summed E-state index contributed by atoms with van der Waals surface area (Å²) in [6.07, 6.45) is 0. The normalized spacial score (nSPS) is 13.2. The van der Waals surface area contributed by atoms with E-state index in [1.54, 1.807) is 17.4 Å². The number of thiophene rings is 1. The number of imidazole rings is 1. The van der Waals surface area contributed by atoms with Gasteiger partial charge in [-0.2, -0.15) is 0 Å². The third kappa shape index (κ3) is 2.08. The van der Waals surface area contributed by atoms with Gasteiger partial charge in [0.25, 0.3) is 0 Å². The Balaban J connectivity index is 2.23. The van der Waals surface area contributed by atoms with Gasteiger partial charge in [0.05, 0.1) is 17.1 Å². The summed E-state index contributed by atoms with van der Waals surface area (Å²) >= 11 is 1.70. The van der Waals surface area contributed by atoms with E-state index in [9.17, 15) is 4.39 Å². The highest BCUT2D eigenvalue weighted by atomic mass is 32.1. The third-order valence-electron chi connectivity index (χ3n) is 3.42. The average Bonchev–Trinajstić information content (AvgIpc) is 2.98. The number of aromatic nitrogens is 2. The molecule has 2 aromatic heterocycles. The molecule has 3 rings (SSSR count). The molecule has 0 radical (unpaired) electrons. The van der Waals surface area contributed by atoms with E-state index in [4.69, 9.17) is 5.73 Å². The topological polar surface area (TPSA) is 43.8 Å². The number of fused-ring (bicyclic) bond motifs is 1. The van der Waals surface area contributed by atoms with E-state index in [0.717, 1.165) is 5.52 Å². The third-order valence-corrected chi connectivity index (χ3v) is 4.37. The number of nitrogens with zero attached hydrogens (tertiary/aromatic N) is 2. The van der Waals surface area contributed by atoms with Crippen LogP contribution in [0.25, 0.3) is 11.0 Å². The largest absolute Gasteiger partial charge is 0.369 e. The molecule has 2 N–H and O–H groups in total. The first-order valence-electron chi connectivity index (χ1n) is 6.54. The molecule has 1 atom stereocenters. The Morgan fingerprint density at radius 2 is 2.10 bits per heavy atom. The molecule has 5 heteroatoms.